The summed E-state index contributed by atoms with van der Waals surface area (Å²) in [5, 5.41) is 0. The van der Waals surface area contributed by atoms with E-state index in [0.717, 1.165) is 11.3 Å². The maximum atomic E-state index is 11.8. The number of nitrogens with zero attached hydrogens (tertiary/aromatic N) is 3. The van der Waals surface area contributed by atoms with E-state index in [-0.39, 0.29) is 12.0 Å². The van der Waals surface area contributed by atoms with Gasteiger partial charge in [-0.3, -0.25) is 4.90 Å². The predicted octanol–water partition coefficient (Wildman–Crippen LogP) is 1.31. The molecule has 0 atom stereocenters. The van der Waals surface area contributed by atoms with E-state index in [4.69, 9.17) is 10.5 Å². The van der Waals surface area contributed by atoms with E-state index in [0.29, 0.717) is 13.1 Å². The highest BCUT2D eigenvalue weighted by molar-refractivity contribution is 5.69. The molecule has 0 bridgehead atoms. The number of carbonyl (C=O) groups is 1. The molecule has 17 heavy (non-hydrogen) atoms. The minimum absolute atomic E-state index is 0.231. The van der Waals surface area contributed by atoms with E-state index in [1.54, 1.807) is 11.1 Å². The number of amides is 1. The summed E-state index contributed by atoms with van der Waals surface area (Å²) in [5.74, 6) is 0.231. The lowest BCUT2D eigenvalue weighted by atomic mass is 10.2. The van der Waals surface area contributed by atoms with Gasteiger partial charge in [-0.1, -0.05) is 0 Å². The summed E-state index contributed by atoms with van der Waals surface area (Å²) in [5.41, 5.74) is 6.72. The van der Waals surface area contributed by atoms with Crippen molar-refractivity contribution in [3.05, 3.63) is 17.5 Å². The lowest BCUT2D eigenvalue weighted by Gasteiger charge is -2.23. The molecule has 2 N–H and O–H groups in total. The van der Waals surface area contributed by atoms with Gasteiger partial charge < -0.3 is 10.5 Å². The summed E-state index contributed by atoms with van der Waals surface area (Å²) in [6, 6.07) is 0. The Kier molecular flexibility index (Phi) is 2.65. The van der Waals surface area contributed by atoms with Crippen LogP contribution in [-0.4, -0.2) is 26.6 Å². The lowest BCUT2D eigenvalue weighted by molar-refractivity contribution is 0.0240. The quantitative estimate of drug-likeness (QED) is 0.734. The van der Waals surface area contributed by atoms with Gasteiger partial charge in [-0.25, -0.2) is 14.8 Å². The summed E-state index contributed by atoms with van der Waals surface area (Å²) in [6.45, 7) is 6.42. The standard InChI is InChI=1S/C11H16N4O2/c1-11(2,3)17-10(16)15-5-7-4-13-9(12)14-8(7)6-15/h4H,5-6H2,1-3H3,(H2,12,13,14). The number of ether oxygens (including phenoxy) is 1. The van der Waals surface area contributed by atoms with Crippen LogP contribution >= 0.6 is 0 Å². The van der Waals surface area contributed by atoms with Gasteiger partial charge >= 0.3 is 6.09 Å². The lowest BCUT2D eigenvalue weighted by Crippen LogP contribution is -2.33. The van der Waals surface area contributed by atoms with Gasteiger partial charge in [0.2, 0.25) is 5.95 Å². The van der Waals surface area contributed by atoms with E-state index in [2.05, 4.69) is 9.97 Å². The normalized spacial score (nSPS) is 14.6. The number of nitrogen functional groups attached to an aromatic ring is 1. The number of fused-ring (bicyclic) bond motifs is 1. The summed E-state index contributed by atoms with van der Waals surface area (Å²) in [7, 11) is 0. The first-order valence-corrected chi connectivity index (χ1v) is 5.43. The molecule has 1 aliphatic heterocycles. The molecule has 0 saturated carbocycles. The molecule has 0 fully saturated rings. The summed E-state index contributed by atoms with van der Waals surface area (Å²) in [6.07, 6.45) is 1.32. The first-order valence-electron chi connectivity index (χ1n) is 5.43. The zero-order chi connectivity index (χ0) is 12.6. The number of hydrogen-bond acceptors (Lipinski definition) is 5. The summed E-state index contributed by atoms with van der Waals surface area (Å²) in [4.78, 5) is 21.4. The zero-order valence-electron chi connectivity index (χ0n) is 10.2. The topological polar surface area (TPSA) is 81.3 Å². The fourth-order valence-corrected chi connectivity index (χ4v) is 1.62. The predicted molar refractivity (Wildman–Crippen MR) is 61.9 cm³/mol. The van der Waals surface area contributed by atoms with Crippen molar-refractivity contribution in [1.29, 1.82) is 0 Å². The van der Waals surface area contributed by atoms with Crippen molar-refractivity contribution in [3.63, 3.8) is 0 Å². The van der Waals surface area contributed by atoms with Crippen molar-refractivity contribution in [2.45, 2.75) is 39.5 Å². The number of aromatic nitrogens is 2. The molecule has 1 amide bonds. The maximum Gasteiger partial charge on any atom is 0.410 e. The summed E-state index contributed by atoms with van der Waals surface area (Å²) >= 11 is 0. The van der Waals surface area contributed by atoms with Crippen molar-refractivity contribution in [1.82, 2.24) is 14.9 Å². The van der Waals surface area contributed by atoms with E-state index >= 15 is 0 Å². The molecule has 0 unspecified atom stereocenters. The first-order chi connectivity index (χ1) is 7.85. The van der Waals surface area contributed by atoms with Crippen LogP contribution in [0.5, 0.6) is 0 Å². The number of hydrogen-bond donors (Lipinski definition) is 1. The molecule has 92 valence electrons. The second-order valence-corrected chi connectivity index (χ2v) is 5.04. The molecule has 0 aliphatic carbocycles. The molecular formula is C11H16N4O2. The van der Waals surface area contributed by atoms with Crippen LogP contribution in [-0.2, 0) is 17.8 Å². The number of carbonyl (C=O) groups excluding carboxylic acids is 1. The zero-order valence-corrected chi connectivity index (χ0v) is 10.2. The third kappa shape index (κ3) is 2.64. The maximum absolute atomic E-state index is 11.8. The molecule has 0 radical (unpaired) electrons. The van der Waals surface area contributed by atoms with Crippen molar-refractivity contribution in [3.8, 4) is 0 Å². The SMILES string of the molecule is CC(C)(C)OC(=O)N1Cc2cnc(N)nc2C1. The van der Waals surface area contributed by atoms with Gasteiger partial charge in [0.1, 0.15) is 5.60 Å². The van der Waals surface area contributed by atoms with Gasteiger partial charge in [0, 0.05) is 11.8 Å². The molecule has 2 heterocycles. The number of rotatable bonds is 0. The average Bonchev–Trinajstić information content (AvgIpc) is 2.57. The molecule has 1 aromatic heterocycles. The Labute approximate surface area is 99.8 Å². The molecule has 6 nitrogen and oxygen atoms in total. The molecule has 6 heteroatoms. The van der Waals surface area contributed by atoms with Crippen LogP contribution in [0.25, 0.3) is 0 Å². The first kappa shape index (κ1) is 11.6. The molecule has 2 rings (SSSR count). The Bertz CT molecular complexity index is 453. The second kappa shape index (κ2) is 3.87. The Morgan fingerprint density at radius 1 is 1.47 bits per heavy atom. The molecule has 0 spiro atoms. The van der Waals surface area contributed by atoms with Gasteiger partial charge in [0.05, 0.1) is 18.8 Å². The van der Waals surface area contributed by atoms with Gasteiger partial charge in [0.25, 0.3) is 0 Å². The number of nitrogens with two attached hydrogens (primary N) is 1. The van der Waals surface area contributed by atoms with E-state index in [9.17, 15) is 4.79 Å². The fraction of sp³-hybridized carbons (Fsp3) is 0.545. The monoisotopic (exact) mass is 236 g/mol. The van der Waals surface area contributed by atoms with Gasteiger partial charge in [-0.05, 0) is 20.8 Å². The van der Waals surface area contributed by atoms with Crippen molar-refractivity contribution >= 4 is 12.0 Å². The van der Waals surface area contributed by atoms with Gasteiger partial charge in [-0.15, -0.1) is 0 Å². The van der Waals surface area contributed by atoms with Crippen LogP contribution in [0, 0.1) is 0 Å². The smallest absolute Gasteiger partial charge is 0.410 e. The Hall–Kier alpha value is -1.85. The molecule has 0 saturated heterocycles. The Morgan fingerprint density at radius 3 is 2.82 bits per heavy atom. The van der Waals surface area contributed by atoms with Crippen molar-refractivity contribution < 1.29 is 9.53 Å². The van der Waals surface area contributed by atoms with E-state index in [1.807, 2.05) is 20.8 Å². The number of anilines is 1. The minimum atomic E-state index is -0.490. The Balaban J connectivity index is 2.07. The van der Waals surface area contributed by atoms with Crippen molar-refractivity contribution in [2.24, 2.45) is 0 Å². The van der Waals surface area contributed by atoms with E-state index < -0.39 is 5.60 Å². The largest absolute Gasteiger partial charge is 0.444 e. The molecule has 0 aromatic carbocycles. The van der Waals surface area contributed by atoms with Crippen LogP contribution < -0.4 is 5.73 Å². The molecule has 1 aliphatic rings. The Morgan fingerprint density at radius 2 is 2.18 bits per heavy atom. The highest BCUT2D eigenvalue weighted by atomic mass is 16.6. The third-order valence-corrected chi connectivity index (χ3v) is 2.33. The van der Waals surface area contributed by atoms with Crippen LogP contribution in [0.4, 0.5) is 10.7 Å². The van der Waals surface area contributed by atoms with Crippen molar-refractivity contribution in [2.75, 3.05) is 5.73 Å². The highest BCUT2D eigenvalue weighted by Gasteiger charge is 2.28. The molecule has 1 aromatic rings. The fourth-order valence-electron chi connectivity index (χ4n) is 1.62. The van der Waals surface area contributed by atoms with Crippen LogP contribution in [0.3, 0.4) is 0 Å². The minimum Gasteiger partial charge on any atom is -0.444 e. The summed E-state index contributed by atoms with van der Waals surface area (Å²) < 4.78 is 5.29. The third-order valence-electron chi connectivity index (χ3n) is 2.33. The van der Waals surface area contributed by atoms with Crippen LogP contribution in [0.15, 0.2) is 6.20 Å². The average molecular weight is 236 g/mol. The van der Waals surface area contributed by atoms with Gasteiger partial charge in [0.15, 0.2) is 0 Å². The van der Waals surface area contributed by atoms with Gasteiger partial charge in [-0.2, -0.15) is 0 Å². The van der Waals surface area contributed by atoms with Crippen LogP contribution in [0.1, 0.15) is 32.0 Å². The van der Waals surface area contributed by atoms with E-state index in [1.165, 1.54) is 0 Å². The van der Waals surface area contributed by atoms with Crippen LogP contribution in [0.2, 0.25) is 0 Å². The highest BCUT2D eigenvalue weighted by Crippen LogP contribution is 2.22. The second-order valence-electron chi connectivity index (χ2n) is 5.04. The molecular weight excluding hydrogens is 220 g/mol.